The van der Waals surface area contributed by atoms with Crippen LogP contribution >= 0.6 is 0 Å². The van der Waals surface area contributed by atoms with E-state index < -0.39 is 0 Å². The van der Waals surface area contributed by atoms with Crippen molar-refractivity contribution >= 4 is 28.3 Å². The van der Waals surface area contributed by atoms with Crippen molar-refractivity contribution in [3.05, 3.63) is 60.2 Å². The third kappa shape index (κ3) is 4.75. The highest BCUT2D eigenvalue weighted by Gasteiger charge is 2.23. The van der Waals surface area contributed by atoms with Crippen LogP contribution in [0.4, 0.5) is 11.5 Å². The Hall–Kier alpha value is -3.28. The fourth-order valence-corrected chi connectivity index (χ4v) is 5.01. The average molecular weight is 445 g/mol. The molecule has 5 rings (SSSR count). The number of hydrogen-bond acceptors (Lipinski definition) is 5. The fraction of sp³-hybridized carbons (Fsp3) is 0.407. The Morgan fingerprint density at radius 2 is 1.64 bits per heavy atom. The molecule has 6 heteroatoms. The van der Waals surface area contributed by atoms with Gasteiger partial charge in [0.1, 0.15) is 11.6 Å². The number of nitrogens with one attached hydrogen (secondary N) is 1. The molecule has 3 aromatic rings. The Labute approximate surface area is 195 Å². The van der Waals surface area contributed by atoms with Gasteiger partial charge >= 0.3 is 0 Å². The molecule has 0 bridgehead atoms. The number of ether oxygens (including phenoxy) is 1. The van der Waals surface area contributed by atoms with Crippen LogP contribution in [0.3, 0.4) is 0 Å². The molecule has 1 aliphatic carbocycles. The number of hydrogen-bond donors (Lipinski definition) is 1. The molecule has 6 nitrogen and oxygen atoms in total. The molecule has 1 saturated carbocycles. The number of carbonyl (C=O) groups is 1. The van der Waals surface area contributed by atoms with Gasteiger partial charge in [-0.2, -0.15) is 0 Å². The van der Waals surface area contributed by atoms with Crippen LogP contribution in [0.1, 0.15) is 42.5 Å². The predicted octanol–water partition coefficient (Wildman–Crippen LogP) is 4.63. The van der Waals surface area contributed by atoms with Crippen LogP contribution in [0.2, 0.25) is 0 Å². The summed E-state index contributed by atoms with van der Waals surface area (Å²) in [7, 11) is 1.69. The van der Waals surface area contributed by atoms with Crippen molar-refractivity contribution < 1.29 is 9.53 Å². The SMILES string of the molecule is COc1ccc(N2CCN(c3cc(C(=O)NC4CCCCC4)c4ccccc4n3)CC2)cc1. The van der Waals surface area contributed by atoms with Gasteiger partial charge in [0.25, 0.3) is 5.91 Å². The van der Waals surface area contributed by atoms with E-state index in [0.717, 1.165) is 67.1 Å². The highest BCUT2D eigenvalue weighted by Crippen LogP contribution is 2.27. The molecule has 1 aromatic heterocycles. The van der Waals surface area contributed by atoms with E-state index in [1.54, 1.807) is 7.11 Å². The molecule has 33 heavy (non-hydrogen) atoms. The van der Waals surface area contributed by atoms with Gasteiger partial charge in [0, 0.05) is 43.3 Å². The summed E-state index contributed by atoms with van der Waals surface area (Å²) < 4.78 is 5.28. The van der Waals surface area contributed by atoms with E-state index in [-0.39, 0.29) is 11.9 Å². The zero-order valence-electron chi connectivity index (χ0n) is 19.3. The number of methoxy groups -OCH3 is 1. The van der Waals surface area contributed by atoms with Gasteiger partial charge < -0.3 is 19.9 Å². The number of pyridine rings is 1. The van der Waals surface area contributed by atoms with Crippen LogP contribution in [0.5, 0.6) is 5.75 Å². The normalized spacial score (nSPS) is 17.2. The summed E-state index contributed by atoms with van der Waals surface area (Å²) in [4.78, 5) is 22.9. The first-order valence-electron chi connectivity index (χ1n) is 12.1. The number of piperazine rings is 1. The maximum Gasteiger partial charge on any atom is 0.252 e. The van der Waals surface area contributed by atoms with E-state index in [1.807, 2.05) is 42.5 Å². The number of anilines is 2. The van der Waals surface area contributed by atoms with Crippen molar-refractivity contribution in [2.24, 2.45) is 0 Å². The smallest absolute Gasteiger partial charge is 0.252 e. The van der Waals surface area contributed by atoms with Crippen LogP contribution in [0, 0.1) is 0 Å². The zero-order valence-corrected chi connectivity index (χ0v) is 19.3. The van der Waals surface area contributed by atoms with Gasteiger partial charge in [-0.25, -0.2) is 4.98 Å². The van der Waals surface area contributed by atoms with E-state index in [1.165, 1.54) is 24.9 Å². The standard InChI is InChI=1S/C27H32N4O2/c1-33-22-13-11-21(12-14-22)30-15-17-31(18-16-30)26-19-24(23-9-5-6-10-25(23)29-26)27(32)28-20-7-3-2-4-8-20/h5-6,9-14,19-20H,2-4,7-8,15-18H2,1H3,(H,28,32). The molecule has 2 heterocycles. The van der Waals surface area contributed by atoms with E-state index in [0.29, 0.717) is 0 Å². The second kappa shape index (κ2) is 9.69. The highest BCUT2D eigenvalue weighted by atomic mass is 16.5. The van der Waals surface area contributed by atoms with Gasteiger partial charge in [-0.1, -0.05) is 37.5 Å². The molecule has 0 radical (unpaired) electrons. The van der Waals surface area contributed by atoms with Gasteiger partial charge in [0.15, 0.2) is 0 Å². The molecule has 2 aromatic carbocycles. The maximum atomic E-state index is 13.3. The Balaban J connectivity index is 1.34. The predicted molar refractivity (Wildman–Crippen MR) is 134 cm³/mol. The fourth-order valence-electron chi connectivity index (χ4n) is 5.01. The van der Waals surface area contributed by atoms with Gasteiger partial charge in [-0.05, 0) is 49.2 Å². The molecule has 1 saturated heterocycles. The lowest BCUT2D eigenvalue weighted by molar-refractivity contribution is 0.0929. The number of benzene rings is 2. The summed E-state index contributed by atoms with van der Waals surface area (Å²) in [6, 6.07) is 18.5. The summed E-state index contributed by atoms with van der Waals surface area (Å²) in [5.74, 6) is 1.78. The topological polar surface area (TPSA) is 57.7 Å². The van der Waals surface area contributed by atoms with Crippen molar-refractivity contribution in [2.45, 2.75) is 38.1 Å². The van der Waals surface area contributed by atoms with E-state index in [9.17, 15) is 4.79 Å². The summed E-state index contributed by atoms with van der Waals surface area (Å²) in [6.07, 6.45) is 5.83. The minimum absolute atomic E-state index is 0.0265. The minimum Gasteiger partial charge on any atom is -0.497 e. The van der Waals surface area contributed by atoms with Crippen molar-refractivity contribution in [3.63, 3.8) is 0 Å². The number of aromatic nitrogens is 1. The molecular weight excluding hydrogens is 412 g/mol. The van der Waals surface area contributed by atoms with Gasteiger partial charge in [0.2, 0.25) is 0 Å². The summed E-state index contributed by atoms with van der Waals surface area (Å²) >= 11 is 0. The Morgan fingerprint density at radius 1 is 0.939 bits per heavy atom. The van der Waals surface area contributed by atoms with Gasteiger partial charge in [0.05, 0.1) is 18.2 Å². The molecule has 0 unspecified atom stereocenters. The Bertz CT molecular complexity index is 1100. The average Bonchev–Trinajstić information content (AvgIpc) is 2.89. The molecule has 2 aliphatic rings. The second-order valence-corrected chi connectivity index (χ2v) is 9.03. The van der Waals surface area contributed by atoms with Crippen molar-refractivity contribution in [2.75, 3.05) is 43.1 Å². The van der Waals surface area contributed by atoms with Gasteiger partial charge in [-0.3, -0.25) is 4.79 Å². The summed E-state index contributed by atoms with van der Waals surface area (Å²) in [5.41, 5.74) is 2.81. The molecule has 1 amide bonds. The highest BCUT2D eigenvalue weighted by molar-refractivity contribution is 6.07. The van der Waals surface area contributed by atoms with E-state index in [4.69, 9.17) is 9.72 Å². The molecule has 172 valence electrons. The molecule has 2 fully saturated rings. The van der Waals surface area contributed by atoms with Crippen molar-refractivity contribution in [3.8, 4) is 5.75 Å². The number of para-hydroxylation sites is 1. The Morgan fingerprint density at radius 3 is 2.36 bits per heavy atom. The third-order valence-electron chi connectivity index (χ3n) is 6.93. The minimum atomic E-state index is 0.0265. The van der Waals surface area contributed by atoms with E-state index >= 15 is 0 Å². The quantitative estimate of drug-likeness (QED) is 0.622. The van der Waals surface area contributed by atoms with Crippen LogP contribution in [-0.4, -0.2) is 50.2 Å². The number of nitrogens with zero attached hydrogens (tertiary/aromatic N) is 3. The van der Waals surface area contributed by atoms with Gasteiger partial charge in [-0.15, -0.1) is 0 Å². The first kappa shape index (κ1) is 21.6. The molecule has 1 N–H and O–H groups in total. The number of rotatable bonds is 5. The molecule has 1 aliphatic heterocycles. The lowest BCUT2D eigenvalue weighted by atomic mass is 9.95. The van der Waals surface area contributed by atoms with Crippen LogP contribution < -0.4 is 19.9 Å². The Kier molecular flexibility index (Phi) is 6.33. The molecule has 0 atom stereocenters. The lowest BCUT2D eigenvalue weighted by Crippen LogP contribution is -2.47. The summed E-state index contributed by atoms with van der Waals surface area (Å²) in [5, 5.41) is 4.21. The van der Waals surface area contributed by atoms with Crippen LogP contribution in [0.15, 0.2) is 54.6 Å². The maximum absolute atomic E-state index is 13.3. The first-order chi connectivity index (χ1) is 16.2. The van der Waals surface area contributed by atoms with Crippen LogP contribution in [-0.2, 0) is 0 Å². The number of fused-ring (bicyclic) bond motifs is 1. The number of amides is 1. The lowest BCUT2D eigenvalue weighted by Gasteiger charge is -2.37. The van der Waals surface area contributed by atoms with E-state index in [2.05, 4.69) is 27.2 Å². The summed E-state index contributed by atoms with van der Waals surface area (Å²) in [6.45, 7) is 3.54. The van der Waals surface area contributed by atoms with Crippen LogP contribution in [0.25, 0.3) is 10.9 Å². The van der Waals surface area contributed by atoms with Crippen molar-refractivity contribution in [1.29, 1.82) is 0 Å². The zero-order chi connectivity index (χ0) is 22.6. The molecule has 0 spiro atoms. The largest absolute Gasteiger partial charge is 0.497 e. The second-order valence-electron chi connectivity index (χ2n) is 9.03. The molecular formula is C27H32N4O2. The van der Waals surface area contributed by atoms with Crippen molar-refractivity contribution in [1.82, 2.24) is 10.3 Å². The first-order valence-corrected chi connectivity index (χ1v) is 12.1. The number of carbonyl (C=O) groups excluding carboxylic acids is 1. The third-order valence-corrected chi connectivity index (χ3v) is 6.93. The monoisotopic (exact) mass is 444 g/mol.